The third-order valence-corrected chi connectivity index (χ3v) is 11.8. The van der Waals surface area contributed by atoms with Gasteiger partial charge in [0.25, 0.3) is 0 Å². The normalized spacial score (nSPS) is 18.7. The summed E-state index contributed by atoms with van der Waals surface area (Å²) in [5.41, 5.74) is 1.29. The standard InChI is InChI=1S/C25H39ClN4O3SSi/c1-16-18(11-10-17(14-27)21(16)26)29-22(34)28-15-19-20(33-35(8,9)25(5,6)7)12-13-30(19)23(31)32-24(2,3)4/h10-11,19-20H,12-13,15H2,1-9H3,(H2,28,29,34)/t19-,20?/m1/s1. The molecule has 194 valence electrons. The number of likely N-dealkylation sites (tertiary alicyclic amines) is 1. The van der Waals surface area contributed by atoms with Gasteiger partial charge in [-0.25, -0.2) is 4.79 Å². The Kier molecular flexibility index (Phi) is 9.26. The number of nitriles is 1. The van der Waals surface area contributed by atoms with Gasteiger partial charge in [0.15, 0.2) is 13.4 Å². The van der Waals surface area contributed by atoms with Crippen molar-refractivity contribution in [2.24, 2.45) is 0 Å². The Hall–Kier alpha value is -1.86. The van der Waals surface area contributed by atoms with Crippen molar-refractivity contribution in [3.8, 4) is 6.07 Å². The molecule has 1 aromatic carbocycles. The molecule has 0 aliphatic carbocycles. The van der Waals surface area contributed by atoms with Crippen molar-refractivity contribution in [3.63, 3.8) is 0 Å². The van der Waals surface area contributed by atoms with Crippen molar-refractivity contribution in [1.29, 1.82) is 5.26 Å². The minimum Gasteiger partial charge on any atom is -0.444 e. The lowest BCUT2D eigenvalue weighted by molar-refractivity contribution is 0.0169. The molecule has 1 amide bonds. The van der Waals surface area contributed by atoms with Gasteiger partial charge < -0.3 is 24.7 Å². The molecule has 0 spiro atoms. The number of halogens is 1. The summed E-state index contributed by atoms with van der Waals surface area (Å²) in [5.74, 6) is 0. The molecule has 35 heavy (non-hydrogen) atoms. The topological polar surface area (TPSA) is 86.6 Å². The van der Waals surface area contributed by atoms with Gasteiger partial charge in [-0.15, -0.1) is 0 Å². The highest BCUT2D eigenvalue weighted by molar-refractivity contribution is 7.80. The van der Waals surface area contributed by atoms with E-state index in [0.29, 0.717) is 28.8 Å². The predicted octanol–water partition coefficient (Wildman–Crippen LogP) is 6.21. The van der Waals surface area contributed by atoms with Gasteiger partial charge in [0, 0.05) is 18.8 Å². The zero-order valence-electron chi connectivity index (χ0n) is 22.3. The minimum absolute atomic E-state index is 0.0492. The molecule has 7 nitrogen and oxygen atoms in total. The van der Waals surface area contributed by atoms with Crippen LogP contribution in [0.15, 0.2) is 12.1 Å². The summed E-state index contributed by atoms with van der Waals surface area (Å²) in [6.45, 7) is 19.4. The van der Waals surface area contributed by atoms with Gasteiger partial charge in [0.05, 0.1) is 22.7 Å². The summed E-state index contributed by atoms with van der Waals surface area (Å²) in [6, 6.07) is 5.28. The Bertz CT molecular complexity index is 998. The van der Waals surface area contributed by atoms with E-state index in [1.54, 1.807) is 17.0 Å². The van der Waals surface area contributed by atoms with Crippen LogP contribution in [0.5, 0.6) is 0 Å². The average Bonchev–Trinajstić information content (AvgIpc) is 3.10. The van der Waals surface area contributed by atoms with Crippen molar-refractivity contribution in [2.45, 2.75) is 90.8 Å². The molecule has 0 saturated carbocycles. The summed E-state index contributed by atoms with van der Waals surface area (Å²) in [7, 11) is -2.06. The van der Waals surface area contributed by atoms with E-state index in [0.717, 1.165) is 17.7 Å². The SMILES string of the molecule is Cc1c(NC(=S)NC[C@@H]2C(O[Si](C)(C)C(C)(C)C)CCN2C(=O)OC(C)(C)C)ccc(C#N)c1Cl. The second kappa shape index (κ2) is 11.0. The van der Waals surface area contributed by atoms with Crippen LogP contribution >= 0.6 is 23.8 Å². The number of hydrogen-bond donors (Lipinski definition) is 2. The van der Waals surface area contributed by atoms with Crippen LogP contribution in [-0.4, -0.2) is 55.3 Å². The number of thiocarbonyl (C=S) groups is 1. The predicted molar refractivity (Wildman–Crippen MR) is 149 cm³/mol. The third-order valence-electron chi connectivity index (χ3n) is 6.59. The molecule has 1 aliphatic heterocycles. The van der Waals surface area contributed by atoms with E-state index in [1.165, 1.54) is 0 Å². The number of nitrogens with zero attached hydrogens (tertiary/aromatic N) is 2. The number of rotatable bonds is 5. The Labute approximate surface area is 221 Å². The van der Waals surface area contributed by atoms with Crippen LogP contribution in [0.25, 0.3) is 0 Å². The van der Waals surface area contributed by atoms with E-state index >= 15 is 0 Å². The fourth-order valence-electron chi connectivity index (χ4n) is 3.58. The van der Waals surface area contributed by atoms with Gasteiger partial charge in [-0.1, -0.05) is 32.4 Å². The number of hydrogen-bond acceptors (Lipinski definition) is 5. The molecular weight excluding hydrogens is 500 g/mol. The summed E-state index contributed by atoms with van der Waals surface area (Å²) in [4.78, 5) is 14.8. The first kappa shape index (κ1) is 29.4. The van der Waals surface area contributed by atoms with Gasteiger partial charge in [-0.2, -0.15) is 5.26 Å². The summed E-state index contributed by atoms with van der Waals surface area (Å²) >= 11 is 11.8. The highest BCUT2D eigenvalue weighted by Crippen LogP contribution is 2.39. The molecule has 1 fully saturated rings. The number of amides is 1. The number of carbonyl (C=O) groups excluding carboxylic acids is 1. The third kappa shape index (κ3) is 7.56. The van der Waals surface area contributed by atoms with Crippen LogP contribution in [0.1, 0.15) is 59.1 Å². The molecular formula is C25H39ClN4O3SSi. The first-order valence-corrected chi connectivity index (χ1v) is 15.6. The number of carbonyl (C=O) groups is 1. The van der Waals surface area contributed by atoms with Gasteiger partial charge in [0.1, 0.15) is 11.7 Å². The van der Waals surface area contributed by atoms with E-state index in [-0.39, 0.29) is 23.3 Å². The average molecular weight is 539 g/mol. The molecule has 2 rings (SSSR count). The van der Waals surface area contributed by atoms with Crippen molar-refractivity contribution in [2.75, 3.05) is 18.4 Å². The fourth-order valence-corrected chi connectivity index (χ4v) is 5.36. The lowest BCUT2D eigenvalue weighted by atomic mass is 10.1. The van der Waals surface area contributed by atoms with Crippen LogP contribution in [-0.2, 0) is 9.16 Å². The highest BCUT2D eigenvalue weighted by atomic mass is 35.5. The fraction of sp³-hybridized carbons (Fsp3) is 0.640. The largest absolute Gasteiger partial charge is 0.444 e. The van der Waals surface area contributed by atoms with Crippen LogP contribution in [0.4, 0.5) is 10.5 Å². The van der Waals surface area contributed by atoms with Crippen LogP contribution in [0.2, 0.25) is 23.2 Å². The Morgan fingerprint density at radius 2 is 1.91 bits per heavy atom. The van der Waals surface area contributed by atoms with E-state index < -0.39 is 13.9 Å². The number of anilines is 1. The van der Waals surface area contributed by atoms with E-state index in [2.05, 4.69) is 50.6 Å². The first-order chi connectivity index (χ1) is 16.0. The lowest BCUT2D eigenvalue weighted by Gasteiger charge is -2.40. The summed E-state index contributed by atoms with van der Waals surface area (Å²) < 4.78 is 12.4. The van der Waals surface area contributed by atoms with E-state index in [9.17, 15) is 10.1 Å². The van der Waals surface area contributed by atoms with E-state index in [1.807, 2.05) is 27.7 Å². The Morgan fingerprint density at radius 1 is 1.29 bits per heavy atom. The Morgan fingerprint density at radius 3 is 2.46 bits per heavy atom. The van der Waals surface area contributed by atoms with Crippen LogP contribution in [0, 0.1) is 18.3 Å². The molecule has 0 radical (unpaired) electrons. The molecule has 10 heteroatoms. The van der Waals surface area contributed by atoms with Crippen molar-refractivity contribution in [3.05, 3.63) is 28.3 Å². The molecule has 1 aromatic rings. The molecule has 1 saturated heterocycles. The Balaban J connectivity index is 2.18. The van der Waals surface area contributed by atoms with E-state index in [4.69, 9.17) is 33.0 Å². The van der Waals surface area contributed by atoms with Crippen LogP contribution in [0.3, 0.4) is 0 Å². The highest BCUT2D eigenvalue weighted by Gasteiger charge is 2.46. The second-order valence-electron chi connectivity index (χ2n) is 11.5. The molecule has 1 aliphatic rings. The molecule has 0 aromatic heterocycles. The quantitative estimate of drug-likeness (QED) is 0.340. The van der Waals surface area contributed by atoms with Crippen molar-refractivity contribution >= 4 is 49.0 Å². The maximum absolute atomic E-state index is 13.0. The number of benzene rings is 1. The van der Waals surface area contributed by atoms with Gasteiger partial charge in [-0.3, -0.25) is 0 Å². The number of nitrogens with one attached hydrogen (secondary N) is 2. The zero-order chi connectivity index (χ0) is 26.8. The van der Waals surface area contributed by atoms with Crippen molar-refractivity contribution in [1.82, 2.24) is 10.2 Å². The molecule has 2 N–H and O–H groups in total. The van der Waals surface area contributed by atoms with Gasteiger partial charge >= 0.3 is 6.09 Å². The molecule has 0 bridgehead atoms. The smallest absolute Gasteiger partial charge is 0.410 e. The number of ether oxygens (including phenoxy) is 1. The first-order valence-electron chi connectivity index (χ1n) is 11.9. The maximum Gasteiger partial charge on any atom is 0.410 e. The summed E-state index contributed by atoms with van der Waals surface area (Å²) in [6.07, 6.45) is 0.270. The monoisotopic (exact) mass is 538 g/mol. The van der Waals surface area contributed by atoms with Gasteiger partial charge in [-0.05, 0) is 82.2 Å². The second-order valence-corrected chi connectivity index (χ2v) is 17.0. The minimum atomic E-state index is -2.06. The molecule has 1 unspecified atom stereocenters. The maximum atomic E-state index is 13.0. The summed E-state index contributed by atoms with van der Waals surface area (Å²) in [5, 5.41) is 16.4. The van der Waals surface area contributed by atoms with Gasteiger partial charge in [0.2, 0.25) is 0 Å². The molecule has 1 heterocycles. The zero-order valence-corrected chi connectivity index (χ0v) is 24.9. The lowest BCUT2D eigenvalue weighted by Crippen LogP contribution is -2.53. The van der Waals surface area contributed by atoms with Crippen molar-refractivity contribution < 1.29 is 14.0 Å². The van der Waals surface area contributed by atoms with Crippen LogP contribution < -0.4 is 10.6 Å². The molecule has 2 atom stereocenters.